The molecule has 0 spiro atoms. The zero-order valence-electron chi connectivity index (χ0n) is 19.9. The summed E-state index contributed by atoms with van der Waals surface area (Å²) in [6, 6.07) is 23.4. The van der Waals surface area contributed by atoms with Gasteiger partial charge >= 0.3 is 0 Å². The first-order chi connectivity index (χ1) is 17.6. The number of thioether (sulfide) groups is 1. The number of aromatic nitrogens is 2. The van der Waals surface area contributed by atoms with Gasteiger partial charge in [-0.15, -0.1) is 0 Å². The van der Waals surface area contributed by atoms with Gasteiger partial charge in [-0.05, 0) is 54.9 Å². The summed E-state index contributed by atoms with van der Waals surface area (Å²) in [7, 11) is 0. The van der Waals surface area contributed by atoms with Gasteiger partial charge in [0.2, 0.25) is 0 Å². The molecule has 1 saturated heterocycles. The van der Waals surface area contributed by atoms with Gasteiger partial charge in [-0.3, -0.25) is 14.3 Å². The fraction of sp³-hybridized carbons (Fsp3) is 0.286. The van der Waals surface area contributed by atoms with E-state index in [2.05, 4.69) is 15.9 Å². The second kappa shape index (κ2) is 11.7. The van der Waals surface area contributed by atoms with Crippen LogP contribution in [0, 0.1) is 0 Å². The van der Waals surface area contributed by atoms with Gasteiger partial charge in [0.1, 0.15) is 0 Å². The maximum absolute atomic E-state index is 13.4. The second-order valence-electron chi connectivity index (χ2n) is 8.91. The number of hydrogen-bond acceptors (Lipinski definition) is 5. The quantitative estimate of drug-likeness (QED) is 0.197. The summed E-state index contributed by atoms with van der Waals surface area (Å²) in [5.41, 5.74) is 2.97. The number of fused-ring (bicyclic) bond motifs is 1. The molecule has 4 aromatic rings. The Morgan fingerprint density at radius 1 is 0.861 bits per heavy atom. The topological polar surface area (TPSA) is 41.4 Å². The van der Waals surface area contributed by atoms with Gasteiger partial charge in [0.15, 0.2) is 5.16 Å². The van der Waals surface area contributed by atoms with Crippen LogP contribution in [0.25, 0.3) is 10.9 Å². The summed E-state index contributed by atoms with van der Waals surface area (Å²) in [4.78, 5) is 23.1. The standard InChI is InChI=1S/C28H28Cl2N4OS/c29-22-8-5-9-23(19-22)33-17-15-32(16-18-33)13-6-14-34-27(35)24-10-2-4-12-26(24)31-28(34)36-20-21-7-1-3-11-25(21)30/h1-5,7-12,19H,6,13-18,20H2. The third kappa shape index (κ3) is 5.89. The number of nitrogens with zero attached hydrogens (tertiary/aromatic N) is 4. The van der Waals surface area contributed by atoms with E-state index < -0.39 is 0 Å². The number of piperazine rings is 1. The third-order valence-electron chi connectivity index (χ3n) is 6.54. The number of halogens is 2. The Hall–Kier alpha value is -2.51. The van der Waals surface area contributed by atoms with E-state index in [0.29, 0.717) is 17.7 Å². The summed E-state index contributed by atoms with van der Waals surface area (Å²) in [6.07, 6.45) is 0.886. The molecule has 0 bridgehead atoms. The van der Waals surface area contributed by atoms with Crippen molar-refractivity contribution in [1.29, 1.82) is 0 Å². The van der Waals surface area contributed by atoms with Crippen LogP contribution in [0.2, 0.25) is 10.0 Å². The Labute approximate surface area is 225 Å². The minimum absolute atomic E-state index is 0.0213. The smallest absolute Gasteiger partial charge is 0.262 e. The molecule has 0 aliphatic carbocycles. The molecule has 1 fully saturated rings. The number of hydrogen-bond donors (Lipinski definition) is 0. The van der Waals surface area contributed by atoms with Crippen molar-refractivity contribution in [3.8, 4) is 0 Å². The van der Waals surface area contributed by atoms with Crippen molar-refractivity contribution in [1.82, 2.24) is 14.5 Å². The third-order valence-corrected chi connectivity index (χ3v) is 8.17. The van der Waals surface area contributed by atoms with E-state index in [1.165, 1.54) is 5.69 Å². The molecule has 0 radical (unpaired) electrons. The highest BCUT2D eigenvalue weighted by atomic mass is 35.5. The summed E-state index contributed by atoms with van der Waals surface area (Å²) in [5.74, 6) is 0.663. The van der Waals surface area contributed by atoms with E-state index in [-0.39, 0.29) is 5.56 Å². The number of para-hydroxylation sites is 1. The molecule has 0 atom stereocenters. The van der Waals surface area contributed by atoms with Crippen LogP contribution >= 0.6 is 35.0 Å². The van der Waals surface area contributed by atoms with Crippen LogP contribution in [-0.4, -0.2) is 47.2 Å². The maximum atomic E-state index is 13.4. The highest BCUT2D eigenvalue weighted by Gasteiger charge is 2.18. The Morgan fingerprint density at radius 2 is 1.64 bits per heavy atom. The van der Waals surface area contributed by atoms with E-state index in [1.54, 1.807) is 11.8 Å². The van der Waals surface area contributed by atoms with E-state index >= 15 is 0 Å². The van der Waals surface area contributed by atoms with E-state index in [0.717, 1.165) is 65.4 Å². The van der Waals surface area contributed by atoms with E-state index in [4.69, 9.17) is 28.2 Å². The molecule has 5 rings (SSSR count). The lowest BCUT2D eigenvalue weighted by molar-refractivity contribution is 0.249. The molecule has 0 saturated carbocycles. The van der Waals surface area contributed by atoms with Crippen molar-refractivity contribution in [2.45, 2.75) is 23.9 Å². The minimum Gasteiger partial charge on any atom is -0.369 e. The summed E-state index contributed by atoms with van der Waals surface area (Å²) >= 11 is 14.1. The van der Waals surface area contributed by atoms with Crippen molar-refractivity contribution >= 4 is 51.6 Å². The molecule has 0 N–H and O–H groups in total. The van der Waals surface area contributed by atoms with Gasteiger partial charge in [0.25, 0.3) is 5.56 Å². The predicted octanol–water partition coefficient (Wildman–Crippen LogP) is 6.21. The molecule has 186 valence electrons. The van der Waals surface area contributed by atoms with Crippen molar-refractivity contribution in [3.05, 3.63) is 98.8 Å². The first kappa shape index (κ1) is 25.2. The van der Waals surface area contributed by atoms with Crippen LogP contribution < -0.4 is 10.5 Å². The van der Waals surface area contributed by atoms with E-state index in [9.17, 15) is 4.79 Å². The van der Waals surface area contributed by atoms with Crippen LogP contribution in [0.4, 0.5) is 5.69 Å². The van der Waals surface area contributed by atoms with Gasteiger partial charge in [0, 0.05) is 54.2 Å². The molecule has 1 aromatic heterocycles. The van der Waals surface area contributed by atoms with Crippen LogP contribution in [0.15, 0.2) is 82.7 Å². The fourth-order valence-electron chi connectivity index (χ4n) is 4.57. The van der Waals surface area contributed by atoms with Gasteiger partial charge in [0.05, 0.1) is 10.9 Å². The van der Waals surface area contributed by atoms with Crippen LogP contribution in [0.5, 0.6) is 0 Å². The molecule has 0 unspecified atom stereocenters. The number of benzene rings is 3. The fourth-order valence-corrected chi connectivity index (χ4v) is 6.06. The Kier molecular flexibility index (Phi) is 8.17. The first-order valence-corrected chi connectivity index (χ1v) is 13.9. The number of rotatable bonds is 8. The molecule has 3 aromatic carbocycles. The lowest BCUT2D eigenvalue weighted by atomic mass is 10.2. The highest BCUT2D eigenvalue weighted by Crippen LogP contribution is 2.26. The van der Waals surface area contributed by atoms with Crippen molar-refractivity contribution in [2.75, 3.05) is 37.6 Å². The summed E-state index contributed by atoms with van der Waals surface area (Å²) < 4.78 is 1.84. The zero-order valence-corrected chi connectivity index (χ0v) is 22.3. The van der Waals surface area contributed by atoms with Crippen LogP contribution in [0.3, 0.4) is 0 Å². The van der Waals surface area contributed by atoms with Gasteiger partial charge in [-0.1, -0.05) is 71.4 Å². The van der Waals surface area contributed by atoms with Crippen molar-refractivity contribution in [3.63, 3.8) is 0 Å². The first-order valence-electron chi connectivity index (χ1n) is 12.2. The predicted molar refractivity (Wildman–Crippen MR) is 152 cm³/mol. The molecule has 5 nitrogen and oxygen atoms in total. The average Bonchev–Trinajstić information content (AvgIpc) is 2.90. The Balaban J connectivity index is 1.25. The molecule has 1 aliphatic heterocycles. The monoisotopic (exact) mass is 538 g/mol. The Bertz CT molecular complexity index is 1400. The molecule has 36 heavy (non-hydrogen) atoms. The molecule has 8 heteroatoms. The summed E-state index contributed by atoms with van der Waals surface area (Å²) in [6.45, 7) is 5.50. The zero-order chi connectivity index (χ0) is 24.9. The SMILES string of the molecule is O=c1c2ccccc2nc(SCc2ccccc2Cl)n1CCCN1CCN(c2cccc(Cl)c2)CC1. The van der Waals surface area contributed by atoms with Crippen LogP contribution in [-0.2, 0) is 12.3 Å². The minimum atomic E-state index is 0.0213. The van der Waals surface area contributed by atoms with Gasteiger partial charge in [-0.25, -0.2) is 4.98 Å². The largest absolute Gasteiger partial charge is 0.369 e. The average molecular weight is 540 g/mol. The Morgan fingerprint density at radius 3 is 2.44 bits per heavy atom. The van der Waals surface area contributed by atoms with Gasteiger partial charge in [-0.2, -0.15) is 0 Å². The molecule has 0 amide bonds. The molecule has 1 aliphatic rings. The molecular weight excluding hydrogens is 511 g/mol. The molecule has 2 heterocycles. The number of anilines is 1. The van der Waals surface area contributed by atoms with Crippen molar-refractivity contribution in [2.24, 2.45) is 0 Å². The normalized spacial score (nSPS) is 14.4. The van der Waals surface area contributed by atoms with E-state index in [1.807, 2.05) is 71.3 Å². The lowest BCUT2D eigenvalue weighted by Crippen LogP contribution is -2.46. The maximum Gasteiger partial charge on any atom is 0.262 e. The van der Waals surface area contributed by atoms with Gasteiger partial charge < -0.3 is 4.90 Å². The van der Waals surface area contributed by atoms with Crippen molar-refractivity contribution < 1.29 is 0 Å². The summed E-state index contributed by atoms with van der Waals surface area (Å²) in [5, 5.41) is 2.91. The van der Waals surface area contributed by atoms with Crippen LogP contribution in [0.1, 0.15) is 12.0 Å². The second-order valence-corrected chi connectivity index (χ2v) is 10.7. The lowest BCUT2D eigenvalue weighted by Gasteiger charge is -2.36. The molecular formula is C28H28Cl2N4OS. The highest BCUT2D eigenvalue weighted by molar-refractivity contribution is 7.98.